The third-order valence-corrected chi connectivity index (χ3v) is 3.90. The van der Waals surface area contributed by atoms with Crippen LogP contribution in [0.15, 0.2) is 11.1 Å². The maximum Gasteiger partial charge on any atom is 0.389 e. The van der Waals surface area contributed by atoms with Crippen molar-refractivity contribution >= 4 is 29.2 Å². The molecule has 0 bridgehead atoms. The molecule has 0 aliphatic carbocycles. The molecule has 0 unspecified atom stereocenters. The third kappa shape index (κ3) is 6.36. The largest absolute Gasteiger partial charge is 0.389 e. The second kappa shape index (κ2) is 8.53. The van der Waals surface area contributed by atoms with Crippen LogP contribution in [-0.4, -0.2) is 30.3 Å². The summed E-state index contributed by atoms with van der Waals surface area (Å²) in [4.78, 5) is 4.01. The van der Waals surface area contributed by atoms with E-state index >= 15 is 0 Å². The second-order valence-corrected chi connectivity index (χ2v) is 5.52. The lowest BCUT2D eigenvalue weighted by atomic mass is 10.2. The van der Waals surface area contributed by atoms with Crippen molar-refractivity contribution in [3.63, 3.8) is 0 Å². The molecule has 22 heavy (non-hydrogen) atoms. The molecule has 0 aromatic carbocycles. The maximum absolute atomic E-state index is 12.0. The van der Waals surface area contributed by atoms with Crippen LogP contribution in [-0.2, 0) is 13.6 Å². The average molecular weight is 359 g/mol. The van der Waals surface area contributed by atoms with Gasteiger partial charge in [0.2, 0.25) is 0 Å². The number of halogens is 5. The lowest BCUT2D eigenvalue weighted by Gasteiger charge is -2.12. The Hall–Kier alpha value is -1.08. The summed E-state index contributed by atoms with van der Waals surface area (Å²) in [5.41, 5.74) is 0.870. The van der Waals surface area contributed by atoms with Crippen LogP contribution in [0, 0.1) is 0 Å². The molecule has 0 atom stereocenters. The minimum atomic E-state index is -4.09. The molecular formula is C13H19Cl2F3N4. The zero-order valence-corrected chi connectivity index (χ0v) is 13.9. The van der Waals surface area contributed by atoms with Gasteiger partial charge in [-0.2, -0.15) is 13.2 Å². The lowest BCUT2D eigenvalue weighted by molar-refractivity contribution is -0.135. The van der Waals surface area contributed by atoms with E-state index in [1.807, 2.05) is 0 Å². The van der Waals surface area contributed by atoms with Crippen molar-refractivity contribution in [1.82, 2.24) is 15.2 Å². The number of hydrogen-bond acceptors (Lipinski definition) is 1. The van der Waals surface area contributed by atoms with E-state index in [0.29, 0.717) is 35.6 Å². The first-order valence-corrected chi connectivity index (χ1v) is 7.51. The Balaban J connectivity index is 2.32. The molecule has 0 amide bonds. The number of guanidine groups is 1. The third-order valence-electron chi connectivity index (χ3n) is 3.06. The van der Waals surface area contributed by atoms with Gasteiger partial charge in [0.1, 0.15) is 5.15 Å². The molecule has 0 radical (unpaired) electrons. The Kier molecular flexibility index (Phi) is 7.35. The summed E-state index contributed by atoms with van der Waals surface area (Å²) in [6.45, 7) is 0.871. The fraction of sp³-hybridized carbons (Fsp3) is 0.615. The molecule has 0 aliphatic heterocycles. The molecule has 0 saturated heterocycles. The zero-order valence-electron chi connectivity index (χ0n) is 12.4. The summed E-state index contributed by atoms with van der Waals surface area (Å²) in [5.74, 6) is 0.514. The summed E-state index contributed by atoms with van der Waals surface area (Å²) in [6.07, 6.45) is -4.34. The van der Waals surface area contributed by atoms with Gasteiger partial charge >= 0.3 is 6.18 Å². The van der Waals surface area contributed by atoms with E-state index in [1.54, 1.807) is 24.7 Å². The van der Waals surface area contributed by atoms with Crippen molar-refractivity contribution in [1.29, 1.82) is 0 Å². The zero-order chi connectivity index (χ0) is 16.8. The molecule has 0 spiro atoms. The smallest absolute Gasteiger partial charge is 0.356 e. The first kappa shape index (κ1) is 19.0. The van der Waals surface area contributed by atoms with E-state index < -0.39 is 12.6 Å². The van der Waals surface area contributed by atoms with E-state index in [4.69, 9.17) is 23.2 Å². The number of unbranched alkanes of at least 4 members (excludes halogenated alkanes) is 1. The topological polar surface area (TPSA) is 41.4 Å². The van der Waals surface area contributed by atoms with Gasteiger partial charge in [-0.15, -0.1) is 0 Å². The minimum absolute atomic E-state index is 0.0938. The van der Waals surface area contributed by atoms with Crippen molar-refractivity contribution in [2.75, 3.05) is 13.6 Å². The Bertz CT molecular complexity index is 512. The summed E-state index contributed by atoms with van der Waals surface area (Å²) < 4.78 is 37.8. The van der Waals surface area contributed by atoms with Crippen LogP contribution in [0.5, 0.6) is 0 Å². The van der Waals surface area contributed by atoms with E-state index in [-0.39, 0.29) is 6.42 Å². The number of alkyl halides is 3. The highest BCUT2D eigenvalue weighted by atomic mass is 35.5. The van der Waals surface area contributed by atoms with Crippen molar-refractivity contribution in [2.45, 2.75) is 32.0 Å². The van der Waals surface area contributed by atoms with Crippen molar-refractivity contribution in [3.8, 4) is 0 Å². The fourth-order valence-corrected chi connectivity index (χ4v) is 2.23. The van der Waals surface area contributed by atoms with Gasteiger partial charge in [0.05, 0.1) is 11.6 Å². The van der Waals surface area contributed by atoms with Gasteiger partial charge in [0.25, 0.3) is 0 Å². The van der Waals surface area contributed by atoms with Gasteiger partial charge in [0, 0.05) is 32.8 Å². The highest BCUT2D eigenvalue weighted by molar-refractivity contribution is 6.41. The van der Waals surface area contributed by atoms with Gasteiger partial charge in [-0.3, -0.25) is 4.99 Å². The SMILES string of the molecule is CN=C(NCCCCC(F)(F)F)NCc1cc(Cl)c(Cl)n1C. The monoisotopic (exact) mass is 358 g/mol. The molecule has 1 aromatic rings. The van der Waals surface area contributed by atoms with Gasteiger partial charge in [-0.25, -0.2) is 0 Å². The Morgan fingerprint density at radius 3 is 2.45 bits per heavy atom. The number of hydrogen-bond donors (Lipinski definition) is 2. The van der Waals surface area contributed by atoms with Crippen molar-refractivity contribution < 1.29 is 13.2 Å². The number of aromatic nitrogens is 1. The van der Waals surface area contributed by atoms with Crippen LogP contribution in [0.2, 0.25) is 10.2 Å². The summed E-state index contributed by atoms with van der Waals surface area (Å²) in [7, 11) is 3.38. The van der Waals surface area contributed by atoms with E-state index in [0.717, 1.165) is 5.69 Å². The van der Waals surface area contributed by atoms with E-state index in [2.05, 4.69) is 15.6 Å². The van der Waals surface area contributed by atoms with Crippen LogP contribution >= 0.6 is 23.2 Å². The molecule has 0 fully saturated rings. The predicted octanol–water partition coefficient (Wildman–Crippen LogP) is 3.73. The Labute approximate surface area is 137 Å². The number of nitrogens with one attached hydrogen (secondary N) is 2. The molecule has 126 valence electrons. The quantitative estimate of drug-likeness (QED) is 0.462. The summed E-state index contributed by atoms with van der Waals surface area (Å²) >= 11 is 11.9. The van der Waals surface area contributed by atoms with E-state index in [9.17, 15) is 13.2 Å². The molecular weight excluding hydrogens is 340 g/mol. The van der Waals surface area contributed by atoms with Crippen LogP contribution < -0.4 is 10.6 Å². The predicted molar refractivity (Wildman–Crippen MR) is 83.5 cm³/mol. The molecule has 2 N–H and O–H groups in total. The van der Waals surface area contributed by atoms with Crippen molar-refractivity contribution in [2.24, 2.45) is 12.0 Å². The van der Waals surface area contributed by atoms with E-state index in [1.165, 1.54) is 0 Å². The molecule has 1 aromatic heterocycles. The molecule has 0 aliphatic rings. The molecule has 1 rings (SSSR count). The fourth-order valence-electron chi connectivity index (χ4n) is 1.81. The lowest BCUT2D eigenvalue weighted by Crippen LogP contribution is -2.37. The molecule has 9 heteroatoms. The molecule has 0 saturated carbocycles. The van der Waals surface area contributed by atoms with Crippen LogP contribution in [0.25, 0.3) is 0 Å². The average Bonchev–Trinajstić information content (AvgIpc) is 2.68. The first-order chi connectivity index (χ1) is 10.2. The molecule has 4 nitrogen and oxygen atoms in total. The van der Waals surface area contributed by atoms with Crippen molar-refractivity contribution in [3.05, 3.63) is 21.9 Å². The number of nitrogens with zero attached hydrogens (tertiary/aromatic N) is 2. The number of rotatable bonds is 6. The minimum Gasteiger partial charge on any atom is -0.356 e. The van der Waals surface area contributed by atoms with Crippen LogP contribution in [0.4, 0.5) is 13.2 Å². The maximum atomic E-state index is 12.0. The Morgan fingerprint density at radius 2 is 1.95 bits per heavy atom. The standard InChI is InChI=1S/C13H19Cl2F3N4/c1-19-12(20-6-4-3-5-13(16,17)18)21-8-9-7-10(14)11(15)22(9)2/h7H,3-6,8H2,1-2H3,(H2,19,20,21). The summed E-state index contributed by atoms with van der Waals surface area (Å²) in [6, 6.07) is 1.74. The first-order valence-electron chi connectivity index (χ1n) is 6.75. The van der Waals surface area contributed by atoms with Gasteiger partial charge < -0.3 is 15.2 Å². The second-order valence-electron chi connectivity index (χ2n) is 4.76. The van der Waals surface area contributed by atoms with Gasteiger partial charge in [-0.1, -0.05) is 23.2 Å². The Morgan fingerprint density at radius 1 is 1.27 bits per heavy atom. The van der Waals surface area contributed by atoms with Crippen LogP contribution in [0.1, 0.15) is 25.0 Å². The normalized spacial score (nSPS) is 12.6. The molecule has 1 heterocycles. The number of aliphatic imine (C=N–C) groups is 1. The van der Waals surface area contributed by atoms with Gasteiger partial charge in [0.15, 0.2) is 5.96 Å². The van der Waals surface area contributed by atoms with Crippen LogP contribution in [0.3, 0.4) is 0 Å². The highest BCUT2D eigenvalue weighted by Crippen LogP contribution is 2.25. The highest BCUT2D eigenvalue weighted by Gasteiger charge is 2.25. The summed E-state index contributed by atoms with van der Waals surface area (Å²) in [5, 5.41) is 6.94. The van der Waals surface area contributed by atoms with Gasteiger partial charge in [-0.05, 0) is 18.9 Å².